The Morgan fingerprint density at radius 1 is 0.586 bits per heavy atom. The van der Waals surface area contributed by atoms with Crippen LogP contribution in [0.25, 0.3) is 9.81 Å². The fourth-order valence-electron chi connectivity index (χ4n) is 1.97. The zero-order valence-corrected chi connectivity index (χ0v) is 22.6. The average Bonchev–Trinajstić information content (AvgIpc) is 2.67. The van der Waals surface area contributed by atoms with Crippen molar-refractivity contribution in [2.75, 3.05) is 0 Å². The maximum absolute atomic E-state index is 5.38. The molecule has 29 heavy (non-hydrogen) atoms. The van der Waals surface area contributed by atoms with Crippen LogP contribution in [0.1, 0.15) is 38.8 Å². The van der Waals surface area contributed by atoms with Crippen molar-refractivity contribution in [3.8, 4) is 0 Å². The molecule has 2 aromatic rings. The van der Waals surface area contributed by atoms with E-state index in [-0.39, 0.29) is 16.5 Å². The van der Waals surface area contributed by atoms with E-state index in [9.17, 15) is 0 Å². The minimum absolute atomic E-state index is 0. The van der Waals surface area contributed by atoms with Gasteiger partial charge in [0.25, 0.3) is 0 Å². The molecule has 0 aliphatic rings. The van der Waals surface area contributed by atoms with E-state index in [1.807, 2.05) is 60.7 Å². The predicted octanol–water partition coefficient (Wildman–Crippen LogP) is 7.09. The maximum atomic E-state index is 5.38. The molecule has 0 saturated heterocycles. The van der Waals surface area contributed by atoms with Gasteiger partial charge in [0.1, 0.15) is 0 Å². The molecular weight excluding hydrogens is 515 g/mol. The SMILES string of the molecule is CC(C)S/C([S-])=C(/[S-])SC(C)C.[Ni].[S-]/C(=C(\[S-])c1ccccc1)c1ccccc1. The van der Waals surface area contributed by atoms with Gasteiger partial charge in [-0.15, -0.1) is 0 Å². The summed E-state index contributed by atoms with van der Waals surface area (Å²) < 4.78 is 1.75. The molecule has 0 unspecified atom stereocenters. The molecule has 162 valence electrons. The monoisotopic (exact) mass is 538 g/mol. The summed E-state index contributed by atoms with van der Waals surface area (Å²) in [5, 5.41) is 1.06. The van der Waals surface area contributed by atoms with Gasteiger partial charge in [-0.25, -0.2) is 0 Å². The zero-order valence-electron chi connectivity index (χ0n) is 16.7. The third kappa shape index (κ3) is 11.8. The quantitative estimate of drug-likeness (QED) is 0.217. The molecule has 0 N–H and O–H groups in total. The summed E-state index contributed by atoms with van der Waals surface area (Å²) in [4.78, 5) is 1.48. The average molecular weight is 540 g/mol. The number of rotatable bonds is 6. The number of thioether (sulfide) groups is 2. The normalized spacial score (nSPS) is 12.3. The molecule has 0 fully saturated rings. The largest absolute Gasteiger partial charge is 0.781 e. The minimum Gasteiger partial charge on any atom is -0.781 e. The standard InChI is InChI=1S/C14H12S2.C8H16S4.Ni/c15-13(11-7-3-1-4-8-11)14(16)12-9-5-2-6-10-12;1-5(2)11-7(9)8(10)12-6(3)4;/h1-10,15-16H;5-6,9-10H,1-4H3;/p-4/b14-13-;8-7-;. The Morgan fingerprint density at radius 2 is 0.862 bits per heavy atom. The van der Waals surface area contributed by atoms with Crippen LogP contribution >= 0.6 is 23.5 Å². The van der Waals surface area contributed by atoms with Gasteiger partial charge in [-0.3, -0.25) is 0 Å². The maximum Gasteiger partial charge on any atom is 0.00166 e. The second kappa shape index (κ2) is 15.7. The molecule has 0 bridgehead atoms. The predicted molar refractivity (Wildman–Crippen MR) is 142 cm³/mol. The van der Waals surface area contributed by atoms with Crippen LogP contribution in [0.5, 0.6) is 0 Å². The first kappa shape index (κ1) is 29.0. The van der Waals surface area contributed by atoms with Gasteiger partial charge < -0.3 is 50.5 Å². The third-order valence-corrected chi connectivity index (χ3v) is 7.42. The summed E-state index contributed by atoms with van der Waals surface area (Å²) in [6.07, 6.45) is 0. The van der Waals surface area contributed by atoms with E-state index in [0.717, 1.165) is 29.4 Å². The topological polar surface area (TPSA) is 0 Å². The van der Waals surface area contributed by atoms with Crippen LogP contribution in [0.4, 0.5) is 0 Å². The molecule has 0 saturated carbocycles. The van der Waals surface area contributed by atoms with Crippen molar-refractivity contribution in [1.82, 2.24) is 0 Å². The minimum atomic E-state index is 0. The van der Waals surface area contributed by atoms with E-state index in [2.05, 4.69) is 27.7 Å². The van der Waals surface area contributed by atoms with Crippen LogP contribution in [0.15, 0.2) is 69.1 Å². The molecule has 0 heterocycles. The van der Waals surface area contributed by atoms with Gasteiger partial charge >= 0.3 is 0 Å². The fraction of sp³-hybridized carbons (Fsp3) is 0.273. The van der Waals surface area contributed by atoms with E-state index in [1.165, 1.54) is 0 Å². The van der Waals surface area contributed by atoms with Crippen LogP contribution in [0, 0.1) is 0 Å². The molecule has 0 nitrogen and oxygen atoms in total. The van der Waals surface area contributed by atoms with Crippen molar-refractivity contribution in [2.24, 2.45) is 0 Å². The van der Waals surface area contributed by atoms with Crippen molar-refractivity contribution in [2.45, 2.75) is 38.2 Å². The van der Waals surface area contributed by atoms with Crippen LogP contribution in [0.2, 0.25) is 0 Å². The third-order valence-electron chi connectivity index (χ3n) is 3.13. The summed E-state index contributed by atoms with van der Waals surface area (Å²) in [7, 11) is 0. The van der Waals surface area contributed by atoms with E-state index >= 15 is 0 Å². The molecule has 0 aliphatic heterocycles. The molecular formula is C22H24NiS6-4. The van der Waals surface area contributed by atoms with Gasteiger partial charge in [-0.05, 0) is 11.1 Å². The Bertz CT molecular complexity index is 705. The van der Waals surface area contributed by atoms with Gasteiger partial charge in [-0.1, -0.05) is 88.4 Å². The summed E-state index contributed by atoms with van der Waals surface area (Å²) in [5.74, 6) is 0. The second-order valence-corrected chi connectivity index (χ2v) is 11.6. The molecule has 2 rings (SSSR count). The van der Waals surface area contributed by atoms with Crippen molar-refractivity contribution in [3.63, 3.8) is 0 Å². The van der Waals surface area contributed by atoms with Gasteiger partial charge in [0.2, 0.25) is 0 Å². The van der Waals surface area contributed by atoms with E-state index in [4.69, 9.17) is 50.5 Å². The van der Waals surface area contributed by atoms with Crippen LogP contribution < -0.4 is 0 Å². The Balaban J connectivity index is 0.000000547. The first-order valence-corrected chi connectivity index (χ1v) is 12.2. The van der Waals surface area contributed by atoms with E-state index < -0.39 is 0 Å². The van der Waals surface area contributed by atoms with Crippen LogP contribution in [-0.4, -0.2) is 10.5 Å². The summed E-state index contributed by atoms with van der Waals surface area (Å²) in [5.41, 5.74) is 2.01. The number of hydrogen-bond donors (Lipinski definition) is 0. The van der Waals surface area contributed by atoms with Crippen molar-refractivity contribution >= 4 is 83.8 Å². The van der Waals surface area contributed by atoms with Gasteiger partial charge in [0, 0.05) is 27.0 Å². The Morgan fingerprint density at radius 3 is 1.10 bits per heavy atom. The van der Waals surface area contributed by atoms with Gasteiger partial charge in [0.05, 0.1) is 0 Å². The zero-order chi connectivity index (χ0) is 21.1. The Labute approximate surface area is 217 Å². The molecule has 2 aromatic carbocycles. The molecule has 0 amide bonds. The fourth-order valence-corrected chi connectivity index (χ4v) is 5.25. The van der Waals surface area contributed by atoms with Crippen LogP contribution in [0.3, 0.4) is 0 Å². The second-order valence-electron chi connectivity index (χ2n) is 6.30. The van der Waals surface area contributed by atoms with Crippen molar-refractivity contribution < 1.29 is 16.5 Å². The number of benzene rings is 2. The molecule has 0 spiro atoms. The van der Waals surface area contributed by atoms with Gasteiger partial charge in [-0.2, -0.15) is 41.8 Å². The Kier molecular flexibility index (Phi) is 15.7. The van der Waals surface area contributed by atoms with Crippen molar-refractivity contribution in [3.05, 3.63) is 80.3 Å². The molecule has 0 atom stereocenters. The van der Waals surface area contributed by atoms with Crippen molar-refractivity contribution in [1.29, 1.82) is 0 Å². The Hall–Kier alpha value is -0.00649. The summed E-state index contributed by atoms with van der Waals surface area (Å²) >= 11 is 24.5. The first-order valence-electron chi connectivity index (χ1n) is 8.83. The molecule has 0 aliphatic carbocycles. The number of hydrogen-bond acceptors (Lipinski definition) is 6. The van der Waals surface area contributed by atoms with E-state index in [1.54, 1.807) is 23.5 Å². The van der Waals surface area contributed by atoms with Gasteiger partial charge in [0.15, 0.2) is 0 Å². The summed E-state index contributed by atoms with van der Waals surface area (Å²) in [6.45, 7) is 8.50. The first-order chi connectivity index (χ1) is 13.2. The molecule has 7 heteroatoms. The smallest absolute Gasteiger partial charge is 0.00166 e. The van der Waals surface area contributed by atoms with Crippen LogP contribution in [-0.2, 0) is 67.0 Å². The van der Waals surface area contributed by atoms with E-state index in [0.29, 0.717) is 10.5 Å². The summed E-state index contributed by atoms with van der Waals surface area (Å²) in [6, 6.07) is 19.7. The molecule has 0 aromatic heterocycles. The molecule has 0 radical (unpaired) electrons.